The maximum absolute atomic E-state index is 12.7. The summed E-state index contributed by atoms with van der Waals surface area (Å²) >= 11 is 3.26. The Morgan fingerprint density at radius 1 is 1.09 bits per heavy atom. The summed E-state index contributed by atoms with van der Waals surface area (Å²) in [6.45, 7) is 0.399. The van der Waals surface area contributed by atoms with Crippen molar-refractivity contribution in [3.8, 4) is 0 Å². The highest BCUT2D eigenvalue weighted by molar-refractivity contribution is 9.10. The Kier molecular flexibility index (Phi) is 5.82. The molecule has 0 aliphatic rings. The molecule has 1 amide bonds. The minimum atomic E-state index is -4.35. The van der Waals surface area contributed by atoms with Gasteiger partial charge in [0.25, 0.3) is 5.91 Å². The lowest BCUT2D eigenvalue weighted by Crippen LogP contribution is -2.24. The van der Waals surface area contributed by atoms with Crippen molar-refractivity contribution >= 4 is 21.8 Å². The van der Waals surface area contributed by atoms with E-state index in [2.05, 4.69) is 21.2 Å². The largest absolute Gasteiger partial charge is 0.416 e. The van der Waals surface area contributed by atoms with Gasteiger partial charge in [-0.15, -0.1) is 0 Å². The summed E-state index contributed by atoms with van der Waals surface area (Å²) in [4.78, 5) is 11.8. The van der Waals surface area contributed by atoms with Gasteiger partial charge in [0, 0.05) is 16.6 Å². The third-order valence-electron chi connectivity index (χ3n) is 3.32. The molecular formula is C17H15BrF3NO. The number of alkyl halides is 3. The van der Waals surface area contributed by atoms with Gasteiger partial charge in [-0.1, -0.05) is 34.1 Å². The molecule has 2 aromatic rings. The van der Waals surface area contributed by atoms with Crippen LogP contribution in [-0.4, -0.2) is 12.5 Å². The zero-order valence-corrected chi connectivity index (χ0v) is 13.7. The lowest BCUT2D eigenvalue weighted by Gasteiger charge is -2.11. The van der Waals surface area contributed by atoms with Crippen LogP contribution in [0.4, 0.5) is 13.2 Å². The van der Waals surface area contributed by atoms with E-state index >= 15 is 0 Å². The molecule has 0 aromatic heterocycles. The Bertz CT molecular complexity index is 671. The SMILES string of the molecule is O=C(NCCCc1cc(C(F)(F)F)ccc1Br)c1ccccc1. The average molecular weight is 386 g/mol. The quantitative estimate of drug-likeness (QED) is 0.733. The van der Waals surface area contributed by atoms with Crippen molar-refractivity contribution in [2.75, 3.05) is 6.54 Å². The Hall–Kier alpha value is -1.82. The van der Waals surface area contributed by atoms with Gasteiger partial charge < -0.3 is 5.32 Å². The van der Waals surface area contributed by atoms with Gasteiger partial charge in [-0.05, 0) is 48.7 Å². The zero-order chi connectivity index (χ0) is 16.9. The first-order valence-electron chi connectivity index (χ1n) is 7.07. The van der Waals surface area contributed by atoms with E-state index in [0.717, 1.165) is 12.1 Å². The van der Waals surface area contributed by atoms with Gasteiger partial charge in [-0.3, -0.25) is 4.79 Å². The molecule has 0 aliphatic heterocycles. The van der Waals surface area contributed by atoms with E-state index in [1.54, 1.807) is 24.3 Å². The van der Waals surface area contributed by atoms with E-state index in [1.165, 1.54) is 6.07 Å². The second-order valence-corrected chi connectivity index (χ2v) is 5.88. The second kappa shape index (κ2) is 7.64. The van der Waals surface area contributed by atoms with Gasteiger partial charge in [0.15, 0.2) is 0 Å². The van der Waals surface area contributed by atoms with Gasteiger partial charge in [0.05, 0.1) is 5.56 Å². The Labute approximate surface area is 140 Å². The fourth-order valence-corrected chi connectivity index (χ4v) is 2.56. The van der Waals surface area contributed by atoms with Crippen molar-refractivity contribution in [2.45, 2.75) is 19.0 Å². The van der Waals surface area contributed by atoms with Crippen molar-refractivity contribution in [3.05, 3.63) is 69.7 Å². The van der Waals surface area contributed by atoms with Gasteiger partial charge in [-0.2, -0.15) is 13.2 Å². The number of benzene rings is 2. The van der Waals surface area contributed by atoms with E-state index in [1.807, 2.05) is 6.07 Å². The van der Waals surface area contributed by atoms with Crippen LogP contribution in [0.5, 0.6) is 0 Å². The van der Waals surface area contributed by atoms with Crippen LogP contribution in [0.15, 0.2) is 53.0 Å². The summed E-state index contributed by atoms with van der Waals surface area (Å²) in [6.07, 6.45) is -3.35. The van der Waals surface area contributed by atoms with Gasteiger partial charge in [-0.25, -0.2) is 0 Å². The van der Waals surface area contributed by atoms with Gasteiger partial charge in [0.2, 0.25) is 0 Å². The Morgan fingerprint density at radius 2 is 1.78 bits per heavy atom. The predicted octanol–water partition coefficient (Wildman–Crippen LogP) is 4.83. The van der Waals surface area contributed by atoms with Crippen molar-refractivity contribution in [2.24, 2.45) is 0 Å². The molecule has 0 atom stereocenters. The molecule has 1 N–H and O–H groups in total. The van der Waals surface area contributed by atoms with E-state index in [9.17, 15) is 18.0 Å². The molecule has 0 heterocycles. The van der Waals surface area contributed by atoms with Crippen molar-refractivity contribution in [3.63, 3.8) is 0 Å². The van der Waals surface area contributed by atoms with Crippen LogP contribution in [-0.2, 0) is 12.6 Å². The smallest absolute Gasteiger partial charge is 0.352 e. The summed E-state index contributed by atoms with van der Waals surface area (Å²) in [6, 6.07) is 12.4. The summed E-state index contributed by atoms with van der Waals surface area (Å²) < 4.78 is 38.8. The second-order valence-electron chi connectivity index (χ2n) is 5.03. The molecule has 23 heavy (non-hydrogen) atoms. The molecule has 0 unspecified atom stereocenters. The minimum absolute atomic E-state index is 0.186. The molecule has 0 aliphatic carbocycles. The maximum atomic E-state index is 12.7. The first-order chi connectivity index (χ1) is 10.9. The molecule has 2 aromatic carbocycles. The highest BCUT2D eigenvalue weighted by atomic mass is 79.9. The number of halogens is 4. The molecule has 0 saturated heterocycles. The molecule has 6 heteroatoms. The lowest BCUT2D eigenvalue weighted by atomic mass is 10.1. The number of carbonyl (C=O) groups excluding carboxylic acids is 1. The van der Waals surface area contributed by atoms with E-state index < -0.39 is 11.7 Å². The van der Waals surface area contributed by atoms with E-state index in [0.29, 0.717) is 35.0 Å². The van der Waals surface area contributed by atoms with Crippen molar-refractivity contribution in [1.29, 1.82) is 0 Å². The standard InChI is InChI=1S/C17H15BrF3NO/c18-15-9-8-14(17(19,20)21)11-13(15)7-4-10-22-16(23)12-5-2-1-3-6-12/h1-3,5-6,8-9,11H,4,7,10H2,(H,22,23). The molecule has 0 fully saturated rings. The summed E-state index contributed by atoms with van der Waals surface area (Å²) in [7, 11) is 0. The number of nitrogens with one attached hydrogen (secondary N) is 1. The zero-order valence-electron chi connectivity index (χ0n) is 12.2. The average Bonchev–Trinajstić information content (AvgIpc) is 2.52. The minimum Gasteiger partial charge on any atom is -0.352 e. The first kappa shape index (κ1) is 17.5. The number of amides is 1. The molecule has 2 rings (SSSR count). The summed E-state index contributed by atoms with van der Waals surface area (Å²) in [5, 5.41) is 2.76. The van der Waals surface area contributed by atoms with E-state index in [-0.39, 0.29) is 5.91 Å². The molecule has 122 valence electrons. The molecule has 2 nitrogen and oxygen atoms in total. The number of hydrogen-bond acceptors (Lipinski definition) is 1. The monoisotopic (exact) mass is 385 g/mol. The Balaban J connectivity index is 1.88. The fraction of sp³-hybridized carbons (Fsp3) is 0.235. The molecular weight excluding hydrogens is 371 g/mol. The van der Waals surface area contributed by atoms with Crippen LogP contribution in [0.1, 0.15) is 27.9 Å². The predicted molar refractivity (Wildman–Crippen MR) is 86.2 cm³/mol. The van der Waals surface area contributed by atoms with Gasteiger partial charge >= 0.3 is 6.18 Å². The topological polar surface area (TPSA) is 29.1 Å². The summed E-state index contributed by atoms with van der Waals surface area (Å²) in [5.41, 5.74) is 0.477. The maximum Gasteiger partial charge on any atom is 0.416 e. The lowest BCUT2D eigenvalue weighted by molar-refractivity contribution is -0.137. The molecule has 0 saturated carbocycles. The summed E-state index contributed by atoms with van der Waals surface area (Å²) in [5.74, 6) is -0.186. The fourth-order valence-electron chi connectivity index (χ4n) is 2.11. The number of rotatable bonds is 5. The van der Waals surface area contributed by atoms with Crippen LogP contribution in [0, 0.1) is 0 Å². The van der Waals surface area contributed by atoms with Crippen molar-refractivity contribution < 1.29 is 18.0 Å². The normalized spacial score (nSPS) is 11.3. The number of carbonyl (C=O) groups is 1. The Morgan fingerprint density at radius 3 is 2.43 bits per heavy atom. The first-order valence-corrected chi connectivity index (χ1v) is 7.86. The van der Waals surface area contributed by atoms with Crippen LogP contribution >= 0.6 is 15.9 Å². The molecule has 0 bridgehead atoms. The highest BCUT2D eigenvalue weighted by Crippen LogP contribution is 2.32. The number of hydrogen-bond donors (Lipinski definition) is 1. The van der Waals surface area contributed by atoms with Crippen molar-refractivity contribution in [1.82, 2.24) is 5.32 Å². The molecule has 0 spiro atoms. The highest BCUT2D eigenvalue weighted by Gasteiger charge is 2.30. The molecule has 0 radical (unpaired) electrons. The van der Waals surface area contributed by atoms with Crippen LogP contribution in [0.25, 0.3) is 0 Å². The third-order valence-corrected chi connectivity index (χ3v) is 4.09. The third kappa shape index (κ3) is 5.10. The van der Waals surface area contributed by atoms with E-state index in [4.69, 9.17) is 0 Å². The van der Waals surface area contributed by atoms with Crippen LogP contribution in [0.3, 0.4) is 0 Å². The number of aryl methyl sites for hydroxylation is 1. The van der Waals surface area contributed by atoms with Gasteiger partial charge in [0.1, 0.15) is 0 Å². The van der Waals surface area contributed by atoms with Crippen LogP contribution in [0.2, 0.25) is 0 Å². The van der Waals surface area contributed by atoms with Crippen LogP contribution < -0.4 is 5.32 Å².